The van der Waals surface area contributed by atoms with Gasteiger partial charge in [-0.05, 0) is 68.9 Å². The van der Waals surface area contributed by atoms with Crippen LogP contribution in [0.15, 0.2) is 29.1 Å². The van der Waals surface area contributed by atoms with Crippen LogP contribution in [-0.4, -0.2) is 21.1 Å². The Morgan fingerprint density at radius 1 is 1.28 bits per heavy atom. The number of rotatable bonds is 5. The van der Waals surface area contributed by atoms with Crippen LogP contribution in [0.3, 0.4) is 0 Å². The van der Waals surface area contributed by atoms with Gasteiger partial charge in [0.2, 0.25) is 5.13 Å². The molecule has 2 heterocycles. The van der Waals surface area contributed by atoms with Crippen LogP contribution in [-0.2, 0) is 12.8 Å². The molecule has 150 valence electrons. The van der Waals surface area contributed by atoms with Crippen molar-refractivity contribution in [2.45, 2.75) is 46.1 Å². The summed E-state index contributed by atoms with van der Waals surface area (Å²) in [7, 11) is 0. The number of ether oxygens (including phenoxy) is 1. The molecule has 4 rings (SSSR count). The van der Waals surface area contributed by atoms with Gasteiger partial charge in [0.25, 0.3) is 11.5 Å². The molecule has 2 aromatic heterocycles. The van der Waals surface area contributed by atoms with Crippen LogP contribution in [0.2, 0.25) is 0 Å². The molecule has 1 amide bonds. The number of carbonyl (C=O) groups is 1. The Kier molecular flexibility index (Phi) is 5.19. The highest BCUT2D eigenvalue weighted by Gasteiger charge is 2.20. The third-order valence-electron chi connectivity index (χ3n) is 5.20. The SMILES string of the molecule is Cc1cccc(O[C@H](C)c2nnc(NC(=O)c3cc4c([nH]c3=O)CCC4)s2)c1C. The summed E-state index contributed by atoms with van der Waals surface area (Å²) in [6.45, 7) is 5.93. The minimum absolute atomic E-state index is 0.0992. The second-order valence-electron chi connectivity index (χ2n) is 7.23. The lowest BCUT2D eigenvalue weighted by molar-refractivity contribution is 0.102. The predicted molar refractivity (Wildman–Crippen MR) is 112 cm³/mol. The summed E-state index contributed by atoms with van der Waals surface area (Å²) < 4.78 is 6.02. The lowest BCUT2D eigenvalue weighted by atomic mass is 10.1. The first-order chi connectivity index (χ1) is 13.9. The number of benzene rings is 1. The van der Waals surface area contributed by atoms with E-state index in [9.17, 15) is 9.59 Å². The van der Waals surface area contributed by atoms with Crippen molar-refractivity contribution in [1.29, 1.82) is 0 Å². The highest BCUT2D eigenvalue weighted by molar-refractivity contribution is 7.15. The third kappa shape index (κ3) is 3.93. The van der Waals surface area contributed by atoms with Gasteiger partial charge in [0.15, 0.2) is 5.01 Å². The lowest BCUT2D eigenvalue weighted by Crippen LogP contribution is -2.24. The molecule has 1 aromatic carbocycles. The molecule has 0 saturated heterocycles. The van der Waals surface area contributed by atoms with Gasteiger partial charge in [0.05, 0.1) is 0 Å². The largest absolute Gasteiger partial charge is 0.483 e. The highest BCUT2D eigenvalue weighted by Crippen LogP contribution is 2.29. The van der Waals surface area contributed by atoms with Crippen LogP contribution in [0.4, 0.5) is 5.13 Å². The van der Waals surface area contributed by atoms with Crippen LogP contribution in [0, 0.1) is 13.8 Å². The number of hydrogen-bond donors (Lipinski definition) is 2. The Labute approximate surface area is 172 Å². The molecule has 0 bridgehead atoms. The number of aromatic nitrogens is 3. The molecule has 0 aliphatic heterocycles. The fourth-order valence-electron chi connectivity index (χ4n) is 3.39. The Morgan fingerprint density at radius 3 is 2.93 bits per heavy atom. The minimum Gasteiger partial charge on any atom is -0.483 e. The first-order valence-electron chi connectivity index (χ1n) is 9.55. The number of aryl methyl sites for hydroxylation is 3. The van der Waals surface area contributed by atoms with Gasteiger partial charge in [0, 0.05) is 5.69 Å². The monoisotopic (exact) mass is 410 g/mol. The Morgan fingerprint density at radius 2 is 2.10 bits per heavy atom. The number of hydrogen-bond acceptors (Lipinski definition) is 6. The first kappa shape index (κ1) is 19.3. The Hall–Kier alpha value is -3.00. The van der Waals surface area contributed by atoms with Crippen molar-refractivity contribution in [2.24, 2.45) is 0 Å². The van der Waals surface area contributed by atoms with Crippen molar-refractivity contribution in [3.63, 3.8) is 0 Å². The molecule has 2 N–H and O–H groups in total. The van der Waals surface area contributed by atoms with Gasteiger partial charge in [0.1, 0.15) is 17.4 Å². The van der Waals surface area contributed by atoms with E-state index in [1.165, 1.54) is 11.3 Å². The Bertz CT molecular complexity index is 1140. The first-order valence-corrected chi connectivity index (χ1v) is 10.4. The second kappa shape index (κ2) is 7.79. The molecule has 1 aliphatic carbocycles. The predicted octanol–water partition coefficient (Wildman–Crippen LogP) is 3.72. The van der Waals surface area contributed by atoms with Crippen molar-refractivity contribution in [1.82, 2.24) is 15.2 Å². The number of aromatic amines is 1. The van der Waals surface area contributed by atoms with Gasteiger partial charge >= 0.3 is 0 Å². The van der Waals surface area contributed by atoms with Crippen LogP contribution < -0.4 is 15.6 Å². The summed E-state index contributed by atoms with van der Waals surface area (Å²) >= 11 is 1.23. The zero-order chi connectivity index (χ0) is 20.5. The van der Waals surface area contributed by atoms with Gasteiger partial charge < -0.3 is 9.72 Å². The summed E-state index contributed by atoms with van der Waals surface area (Å²) in [6, 6.07) is 7.59. The molecule has 1 atom stereocenters. The van der Waals surface area contributed by atoms with E-state index >= 15 is 0 Å². The standard InChI is InChI=1S/C21H22N4O3S/c1-11-6-4-9-17(12(11)2)28-13(3)20-24-25-21(29-20)23-19(27)15-10-14-7-5-8-16(14)22-18(15)26/h4,6,9-10,13H,5,7-8H2,1-3H3,(H,22,26)(H,23,25,27)/t13-/m1/s1. The lowest BCUT2D eigenvalue weighted by Gasteiger charge is -2.14. The molecular formula is C21H22N4O3S. The van der Waals surface area contributed by atoms with Crippen molar-refractivity contribution in [3.8, 4) is 5.75 Å². The van der Waals surface area contributed by atoms with E-state index in [2.05, 4.69) is 20.5 Å². The molecule has 1 aliphatic rings. The van der Waals surface area contributed by atoms with Gasteiger partial charge in [-0.1, -0.05) is 23.5 Å². The number of amides is 1. The average molecular weight is 410 g/mol. The van der Waals surface area contributed by atoms with E-state index in [4.69, 9.17) is 4.74 Å². The van der Waals surface area contributed by atoms with Crippen molar-refractivity contribution in [3.05, 3.63) is 67.6 Å². The molecule has 0 radical (unpaired) electrons. The zero-order valence-corrected chi connectivity index (χ0v) is 17.4. The van der Waals surface area contributed by atoms with Crippen molar-refractivity contribution < 1.29 is 9.53 Å². The summed E-state index contributed by atoms with van der Waals surface area (Å²) in [5.41, 5.74) is 3.92. The zero-order valence-electron chi connectivity index (χ0n) is 16.5. The van der Waals surface area contributed by atoms with E-state index in [0.29, 0.717) is 10.1 Å². The van der Waals surface area contributed by atoms with E-state index in [1.807, 2.05) is 39.0 Å². The number of H-pyrrole nitrogens is 1. The van der Waals surface area contributed by atoms with Gasteiger partial charge in [-0.25, -0.2) is 0 Å². The topological polar surface area (TPSA) is 97.0 Å². The minimum atomic E-state index is -0.480. The van der Waals surface area contributed by atoms with E-state index in [0.717, 1.165) is 47.4 Å². The van der Waals surface area contributed by atoms with E-state index in [-0.39, 0.29) is 17.2 Å². The molecule has 8 heteroatoms. The number of carbonyl (C=O) groups excluding carboxylic acids is 1. The van der Waals surface area contributed by atoms with Gasteiger partial charge in [-0.3, -0.25) is 14.9 Å². The van der Waals surface area contributed by atoms with Crippen LogP contribution >= 0.6 is 11.3 Å². The average Bonchev–Trinajstić information content (AvgIpc) is 3.33. The van der Waals surface area contributed by atoms with E-state index in [1.54, 1.807) is 6.07 Å². The number of nitrogens with zero attached hydrogens (tertiary/aromatic N) is 2. The van der Waals surface area contributed by atoms with Crippen molar-refractivity contribution >= 4 is 22.4 Å². The molecule has 0 fully saturated rings. The summed E-state index contributed by atoms with van der Waals surface area (Å²) in [5, 5.41) is 11.8. The van der Waals surface area contributed by atoms with E-state index < -0.39 is 5.91 Å². The van der Waals surface area contributed by atoms with Crippen LogP contribution in [0.5, 0.6) is 5.75 Å². The number of anilines is 1. The Balaban J connectivity index is 1.47. The number of nitrogens with one attached hydrogen (secondary N) is 2. The number of pyridine rings is 1. The smallest absolute Gasteiger partial charge is 0.263 e. The summed E-state index contributed by atoms with van der Waals surface area (Å²) in [5.74, 6) is 0.315. The maximum Gasteiger partial charge on any atom is 0.263 e. The molecule has 3 aromatic rings. The maximum absolute atomic E-state index is 12.6. The van der Waals surface area contributed by atoms with Gasteiger partial charge in [-0.2, -0.15) is 0 Å². The molecule has 0 saturated carbocycles. The summed E-state index contributed by atoms with van der Waals surface area (Å²) in [4.78, 5) is 27.6. The third-order valence-corrected chi connectivity index (χ3v) is 6.20. The van der Waals surface area contributed by atoms with Gasteiger partial charge in [-0.15, -0.1) is 10.2 Å². The maximum atomic E-state index is 12.6. The molecule has 29 heavy (non-hydrogen) atoms. The normalized spacial score (nSPS) is 13.8. The van der Waals surface area contributed by atoms with Crippen LogP contribution in [0.1, 0.15) is 57.2 Å². The van der Waals surface area contributed by atoms with Crippen molar-refractivity contribution in [2.75, 3.05) is 5.32 Å². The molecule has 7 nitrogen and oxygen atoms in total. The quantitative estimate of drug-likeness (QED) is 0.668. The highest BCUT2D eigenvalue weighted by atomic mass is 32.1. The summed E-state index contributed by atoms with van der Waals surface area (Å²) in [6.07, 6.45) is 2.41. The molecule has 0 unspecified atom stereocenters. The molecular weight excluding hydrogens is 388 g/mol. The molecule has 0 spiro atoms. The number of fused-ring (bicyclic) bond motifs is 1. The fourth-order valence-corrected chi connectivity index (χ4v) is 4.11. The second-order valence-corrected chi connectivity index (χ2v) is 8.24. The fraction of sp³-hybridized carbons (Fsp3) is 0.333. The van der Waals surface area contributed by atoms with Crippen LogP contribution in [0.25, 0.3) is 0 Å².